The Balaban J connectivity index is 2.07. The van der Waals surface area contributed by atoms with Gasteiger partial charge >= 0.3 is 0 Å². The molecule has 0 spiro atoms. The van der Waals surface area contributed by atoms with Crippen LogP contribution in [0.25, 0.3) is 5.78 Å². The van der Waals surface area contributed by atoms with E-state index in [0.29, 0.717) is 17.8 Å². The third-order valence-electron chi connectivity index (χ3n) is 2.76. The van der Waals surface area contributed by atoms with E-state index in [1.807, 2.05) is 42.6 Å². The zero-order valence-electron chi connectivity index (χ0n) is 9.65. The van der Waals surface area contributed by atoms with Gasteiger partial charge in [-0.3, -0.25) is 9.20 Å². The molecule has 18 heavy (non-hydrogen) atoms. The quantitative estimate of drug-likeness (QED) is 0.681. The van der Waals surface area contributed by atoms with E-state index in [9.17, 15) is 4.79 Å². The van der Waals surface area contributed by atoms with Crippen molar-refractivity contribution < 1.29 is 0 Å². The molecule has 0 aliphatic carbocycles. The van der Waals surface area contributed by atoms with Gasteiger partial charge in [-0.2, -0.15) is 4.98 Å². The summed E-state index contributed by atoms with van der Waals surface area (Å²) in [6.07, 6.45) is 5.84. The molecule has 0 aliphatic heterocycles. The van der Waals surface area contributed by atoms with Crippen LogP contribution in [-0.2, 0) is 6.42 Å². The highest BCUT2D eigenvalue weighted by Gasteiger charge is 2.04. The Morgan fingerprint density at radius 3 is 2.78 bits per heavy atom. The number of hydrogen-bond donors (Lipinski definition) is 0. The maximum Gasteiger partial charge on any atom is 0.278 e. The Labute approximate surface area is 104 Å². The Morgan fingerprint density at radius 1 is 1.11 bits per heavy atom. The van der Waals surface area contributed by atoms with Crippen molar-refractivity contribution in [2.75, 3.05) is 0 Å². The first-order chi connectivity index (χ1) is 8.83. The number of nitrogens with zero attached hydrogens (tertiary/aromatic N) is 3. The lowest BCUT2D eigenvalue weighted by Crippen LogP contribution is -2.16. The summed E-state index contributed by atoms with van der Waals surface area (Å²) in [5.41, 5.74) is 1.56. The SMILES string of the molecule is O=c1nc2ncccn2cc1Cc1ccccc1. The smallest absolute Gasteiger partial charge is 0.278 e. The zero-order valence-corrected chi connectivity index (χ0v) is 9.65. The minimum absolute atomic E-state index is 0.211. The van der Waals surface area contributed by atoms with Gasteiger partial charge in [-0.15, -0.1) is 0 Å². The predicted molar refractivity (Wildman–Crippen MR) is 68.5 cm³/mol. The molecule has 3 aromatic rings. The minimum Gasteiger partial charge on any atom is -0.292 e. The van der Waals surface area contributed by atoms with Gasteiger partial charge in [0.05, 0.1) is 0 Å². The highest BCUT2D eigenvalue weighted by atomic mass is 16.1. The Kier molecular flexibility index (Phi) is 2.61. The first-order valence-electron chi connectivity index (χ1n) is 5.70. The number of aromatic nitrogens is 3. The van der Waals surface area contributed by atoms with Crippen LogP contribution in [0.1, 0.15) is 11.1 Å². The van der Waals surface area contributed by atoms with Crippen LogP contribution in [-0.4, -0.2) is 14.4 Å². The van der Waals surface area contributed by atoms with E-state index in [1.54, 1.807) is 16.8 Å². The summed E-state index contributed by atoms with van der Waals surface area (Å²) in [4.78, 5) is 19.9. The zero-order chi connectivity index (χ0) is 12.4. The van der Waals surface area contributed by atoms with Crippen LogP contribution in [0, 0.1) is 0 Å². The molecule has 4 nitrogen and oxygen atoms in total. The summed E-state index contributed by atoms with van der Waals surface area (Å²) in [5, 5.41) is 0. The molecule has 2 aromatic heterocycles. The summed E-state index contributed by atoms with van der Waals surface area (Å²) in [5.74, 6) is 0.430. The largest absolute Gasteiger partial charge is 0.292 e. The monoisotopic (exact) mass is 237 g/mol. The number of benzene rings is 1. The van der Waals surface area contributed by atoms with Gasteiger partial charge in [0.2, 0.25) is 5.78 Å². The van der Waals surface area contributed by atoms with Gasteiger partial charge in [-0.25, -0.2) is 4.98 Å². The summed E-state index contributed by atoms with van der Waals surface area (Å²) >= 11 is 0. The maximum atomic E-state index is 11.9. The topological polar surface area (TPSA) is 47.3 Å². The van der Waals surface area contributed by atoms with Crippen LogP contribution in [0.3, 0.4) is 0 Å². The van der Waals surface area contributed by atoms with Crippen LogP contribution < -0.4 is 5.56 Å². The van der Waals surface area contributed by atoms with Crippen LogP contribution in [0.5, 0.6) is 0 Å². The third kappa shape index (κ3) is 2.00. The van der Waals surface area contributed by atoms with Gasteiger partial charge in [0.1, 0.15) is 0 Å². The van der Waals surface area contributed by atoms with Crippen LogP contribution in [0.4, 0.5) is 0 Å². The first kappa shape index (κ1) is 10.7. The lowest BCUT2D eigenvalue weighted by Gasteiger charge is -2.03. The van der Waals surface area contributed by atoms with Gasteiger partial charge in [-0.05, 0) is 11.6 Å². The van der Waals surface area contributed by atoms with Crippen molar-refractivity contribution in [3.8, 4) is 0 Å². The van der Waals surface area contributed by atoms with E-state index >= 15 is 0 Å². The molecule has 0 radical (unpaired) electrons. The molecule has 0 saturated heterocycles. The summed E-state index contributed by atoms with van der Waals surface area (Å²) in [6.45, 7) is 0. The lowest BCUT2D eigenvalue weighted by atomic mass is 10.1. The normalized spacial score (nSPS) is 10.7. The molecule has 0 bridgehead atoms. The van der Waals surface area contributed by atoms with E-state index < -0.39 is 0 Å². The molecule has 0 aliphatic rings. The maximum absolute atomic E-state index is 11.9. The molecule has 4 heteroatoms. The first-order valence-corrected chi connectivity index (χ1v) is 5.70. The molecule has 88 valence electrons. The van der Waals surface area contributed by atoms with Crippen molar-refractivity contribution in [3.63, 3.8) is 0 Å². The third-order valence-corrected chi connectivity index (χ3v) is 2.76. The van der Waals surface area contributed by atoms with Gasteiger partial charge < -0.3 is 0 Å². The van der Waals surface area contributed by atoms with Crippen molar-refractivity contribution in [2.45, 2.75) is 6.42 Å². The van der Waals surface area contributed by atoms with E-state index in [4.69, 9.17) is 0 Å². The van der Waals surface area contributed by atoms with Gasteiger partial charge in [0.15, 0.2) is 0 Å². The predicted octanol–water partition coefficient (Wildman–Crippen LogP) is 1.68. The van der Waals surface area contributed by atoms with Crippen LogP contribution in [0.2, 0.25) is 0 Å². The summed E-state index contributed by atoms with van der Waals surface area (Å²) < 4.78 is 1.76. The van der Waals surface area contributed by atoms with Gasteiger partial charge in [-0.1, -0.05) is 30.3 Å². The molecular weight excluding hydrogens is 226 g/mol. The average Bonchev–Trinajstić information content (AvgIpc) is 2.41. The second-order valence-corrected chi connectivity index (χ2v) is 4.06. The fourth-order valence-electron chi connectivity index (χ4n) is 1.88. The van der Waals surface area contributed by atoms with Crippen molar-refractivity contribution >= 4 is 5.78 Å². The highest BCUT2D eigenvalue weighted by Crippen LogP contribution is 2.05. The van der Waals surface area contributed by atoms with E-state index in [1.165, 1.54) is 0 Å². The Hall–Kier alpha value is -2.49. The molecule has 0 N–H and O–H groups in total. The van der Waals surface area contributed by atoms with E-state index in [2.05, 4.69) is 9.97 Å². The standard InChI is InChI=1S/C14H11N3O/c18-13-12(9-11-5-2-1-3-6-11)10-17-8-4-7-15-14(17)16-13/h1-8,10H,9H2. The minimum atomic E-state index is -0.211. The van der Waals surface area contributed by atoms with Crippen LogP contribution >= 0.6 is 0 Å². The van der Waals surface area contributed by atoms with Crippen LogP contribution in [0.15, 0.2) is 59.8 Å². The number of fused-ring (bicyclic) bond motifs is 1. The molecule has 0 unspecified atom stereocenters. The summed E-state index contributed by atoms with van der Waals surface area (Å²) in [7, 11) is 0. The van der Waals surface area contributed by atoms with Crippen molar-refractivity contribution in [3.05, 3.63) is 76.5 Å². The van der Waals surface area contributed by atoms with Crippen molar-refractivity contribution in [1.29, 1.82) is 0 Å². The van der Waals surface area contributed by atoms with E-state index in [-0.39, 0.29) is 5.56 Å². The fraction of sp³-hybridized carbons (Fsp3) is 0.0714. The molecule has 0 amide bonds. The molecule has 2 heterocycles. The molecular formula is C14H11N3O. The molecule has 0 atom stereocenters. The second kappa shape index (κ2) is 4.41. The molecule has 0 saturated carbocycles. The Morgan fingerprint density at radius 2 is 1.94 bits per heavy atom. The summed E-state index contributed by atoms with van der Waals surface area (Å²) in [6, 6.07) is 11.7. The number of rotatable bonds is 2. The Bertz CT molecular complexity index is 735. The van der Waals surface area contributed by atoms with Gasteiger partial charge in [0.25, 0.3) is 5.56 Å². The molecule has 1 aromatic carbocycles. The average molecular weight is 237 g/mol. The number of hydrogen-bond acceptors (Lipinski definition) is 3. The lowest BCUT2D eigenvalue weighted by molar-refractivity contribution is 0.968. The molecule has 3 rings (SSSR count). The molecule has 0 fully saturated rings. The highest BCUT2D eigenvalue weighted by molar-refractivity contribution is 5.30. The van der Waals surface area contributed by atoms with Gasteiger partial charge in [0, 0.05) is 30.6 Å². The fourth-order valence-corrected chi connectivity index (χ4v) is 1.88. The second-order valence-electron chi connectivity index (χ2n) is 4.06. The van der Waals surface area contributed by atoms with E-state index in [0.717, 1.165) is 5.56 Å². The van der Waals surface area contributed by atoms with Crippen molar-refractivity contribution in [1.82, 2.24) is 14.4 Å². The van der Waals surface area contributed by atoms with Crippen molar-refractivity contribution in [2.24, 2.45) is 0 Å².